The van der Waals surface area contributed by atoms with Gasteiger partial charge in [-0.2, -0.15) is 10.2 Å². The normalized spacial score (nSPS) is 23.8. The molecule has 0 radical (unpaired) electrons. The zero-order valence-electron chi connectivity index (χ0n) is 33.8. The Kier molecular flexibility index (Phi) is 14.2. The predicted octanol–water partition coefficient (Wildman–Crippen LogP) is 3.07. The SMILES string of the molecule is CC(C)c1cc2n(n1)[C@@H](COC1CCN(c3ncccn3)CC1)[C@@H](NS(C)(=O)=O)CC2.CC(C)c1cc2n(n1)[C@@H](COC1CCNCC1)[C@@H](NS(C)(=O)=O)CC2. The lowest BCUT2D eigenvalue weighted by molar-refractivity contribution is 0.00301. The average molecular weight is 819 g/mol. The number of fused-ring (bicyclic) bond motifs is 2. The van der Waals surface area contributed by atoms with Gasteiger partial charge in [-0.25, -0.2) is 36.2 Å². The third-order valence-corrected chi connectivity index (χ3v) is 12.6. The van der Waals surface area contributed by atoms with E-state index < -0.39 is 20.0 Å². The molecule has 0 unspecified atom stereocenters. The van der Waals surface area contributed by atoms with Crippen molar-refractivity contribution in [2.75, 3.05) is 56.8 Å². The van der Waals surface area contributed by atoms with Crippen molar-refractivity contribution in [3.63, 3.8) is 0 Å². The summed E-state index contributed by atoms with van der Waals surface area (Å²) in [6.07, 6.45) is 13.2. The van der Waals surface area contributed by atoms with Crippen molar-refractivity contribution in [3.8, 4) is 0 Å². The van der Waals surface area contributed by atoms with Gasteiger partial charge in [0.05, 0.1) is 61.4 Å². The van der Waals surface area contributed by atoms with Crippen molar-refractivity contribution >= 4 is 26.0 Å². The van der Waals surface area contributed by atoms with Gasteiger partial charge < -0.3 is 19.7 Å². The minimum absolute atomic E-state index is 0.0964. The molecule has 16 nitrogen and oxygen atoms in total. The van der Waals surface area contributed by atoms with Gasteiger partial charge in [0.15, 0.2) is 0 Å². The Bertz CT molecular complexity index is 1920. The van der Waals surface area contributed by atoms with Crippen molar-refractivity contribution < 1.29 is 26.3 Å². The van der Waals surface area contributed by atoms with E-state index in [1.54, 1.807) is 12.4 Å². The molecule has 4 aliphatic heterocycles. The van der Waals surface area contributed by atoms with Gasteiger partial charge in [-0.05, 0) is 94.5 Å². The fourth-order valence-electron chi connectivity index (χ4n) is 8.06. The summed E-state index contributed by atoms with van der Waals surface area (Å²) in [4.78, 5) is 10.8. The number of hydrogen-bond donors (Lipinski definition) is 3. The Hall–Kier alpha value is -3.00. The van der Waals surface area contributed by atoms with E-state index >= 15 is 0 Å². The summed E-state index contributed by atoms with van der Waals surface area (Å²) in [5.74, 6) is 1.43. The number of aromatic nitrogens is 6. The molecule has 3 N–H and O–H groups in total. The van der Waals surface area contributed by atoms with Gasteiger partial charge >= 0.3 is 0 Å². The summed E-state index contributed by atoms with van der Waals surface area (Å²) in [6.45, 7) is 13.1. The molecule has 0 aromatic carbocycles. The Balaban J connectivity index is 0.000000194. The molecule has 0 spiro atoms. The molecule has 7 rings (SSSR count). The first kappa shape index (κ1) is 42.6. The highest BCUT2D eigenvalue weighted by molar-refractivity contribution is 7.89. The first-order chi connectivity index (χ1) is 26.6. The van der Waals surface area contributed by atoms with Crippen LogP contribution in [0.5, 0.6) is 0 Å². The summed E-state index contributed by atoms with van der Waals surface area (Å²) in [7, 11) is -6.59. The van der Waals surface area contributed by atoms with E-state index in [9.17, 15) is 16.8 Å². The number of piperidine rings is 2. The van der Waals surface area contributed by atoms with Crippen molar-refractivity contribution in [2.45, 2.75) is 127 Å². The number of ether oxygens (including phenoxy) is 2. The van der Waals surface area contributed by atoms with Crippen molar-refractivity contribution in [1.82, 2.24) is 44.3 Å². The van der Waals surface area contributed by atoms with Crippen LogP contribution in [0.15, 0.2) is 30.6 Å². The Labute approximate surface area is 333 Å². The average Bonchev–Trinajstić information content (AvgIpc) is 3.80. The van der Waals surface area contributed by atoms with Crippen LogP contribution in [0, 0.1) is 0 Å². The van der Waals surface area contributed by atoms with Crippen LogP contribution in [-0.4, -0.2) is 123 Å². The summed E-state index contributed by atoms with van der Waals surface area (Å²) < 4.78 is 69.5. The molecule has 7 heterocycles. The zero-order chi connectivity index (χ0) is 40.0. The van der Waals surface area contributed by atoms with E-state index in [4.69, 9.17) is 19.7 Å². The standard InChI is InChI=1S/C21H32N6O3S.C17H30N4O3S/c1-15(2)19-13-16-5-6-18(25-31(3,28)29)20(27(16)24-19)14-30-17-7-11-26(12-8-17)21-22-9-4-10-23-21;1-12(2)16-10-13-4-5-15(20-25(3,22)23)17(21(13)19-16)11-24-14-6-8-18-9-7-14/h4,9-10,13,15,17-18,20,25H,5-8,11-12,14H2,1-3H3;10,12,14-15,17-18,20H,4-9,11H2,1-3H3/t18-,20-;15-,17-/m00/s1. The van der Waals surface area contributed by atoms with Crippen LogP contribution in [0.3, 0.4) is 0 Å². The second kappa shape index (κ2) is 18.7. The molecule has 0 aliphatic carbocycles. The van der Waals surface area contributed by atoms with Crippen LogP contribution in [0.25, 0.3) is 0 Å². The monoisotopic (exact) mass is 818 g/mol. The molecular weight excluding hydrogens is 757 g/mol. The van der Waals surface area contributed by atoms with Crippen LogP contribution in [-0.2, 0) is 42.4 Å². The minimum atomic E-state index is -3.32. The van der Waals surface area contributed by atoms with Crippen LogP contribution >= 0.6 is 0 Å². The van der Waals surface area contributed by atoms with Crippen LogP contribution < -0.4 is 19.7 Å². The lowest BCUT2D eigenvalue weighted by Gasteiger charge is -2.36. The molecule has 3 aromatic heterocycles. The van der Waals surface area contributed by atoms with Crippen LogP contribution in [0.4, 0.5) is 5.95 Å². The van der Waals surface area contributed by atoms with Gasteiger partial charge in [-0.15, -0.1) is 0 Å². The molecule has 312 valence electrons. The number of sulfonamides is 2. The number of aryl methyl sites for hydroxylation is 2. The smallest absolute Gasteiger partial charge is 0.225 e. The van der Waals surface area contributed by atoms with Crippen molar-refractivity contribution in [1.29, 1.82) is 0 Å². The first-order valence-corrected chi connectivity index (χ1v) is 24.0. The summed E-state index contributed by atoms with van der Waals surface area (Å²) in [5, 5.41) is 12.9. The summed E-state index contributed by atoms with van der Waals surface area (Å²) in [6, 6.07) is 5.47. The molecule has 3 aromatic rings. The van der Waals surface area contributed by atoms with E-state index in [1.807, 2.05) is 15.4 Å². The second-order valence-electron chi connectivity index (χ2n) is 16.4. The minimum Gasteiger partial charge on any atom is -0.376 e. The first-order valence-electron chi connectivity index (χ1n) is 20.2. The molecule has 0 amide bonds. The van der Waals surface area contributed by atoms with Crippen molar-refractivity contribution in [2.24, 2.45) is 0 Å². The van der Waals surface area contributed by atoms with Gasteiger partial charge in [0.25, 0.3) is 0 Å². The van der Waals surface area contributed by atoms with Gasteiger partial charge in [-0.1, -0.05) is 27.7 Å². The number of anilines is 1. The van der Waals surface area contributed by atoms with E-state index in [0.717, 1.165) is 101 Å². The molecule has 0 bridgehead atoms. The Morgan fingerprint density at radius 2 is 1.16 bits per heavy atom. The van der Waals surface area contributed by atoms with E-state index in [1.165, 1.54) is 18.2 Å². The number of rotatable bonds is 13. The van der Waals surface area contributed by atoms with Crippen LogP contribution in [0.1, 0.15) is 113 Å². The predicted molar refractivity (Wildman–Crippen MR) is 216 cm³/mol. The lowest BCUT2D eigenvalue weighted by atomic mass is 9.98. The van der Waals surface area contributed by atoms with Crippen LogP contribution in [0.2, 0.25) is 0 Å². The zero-order valence-corrected chi connectivity index (χ0v) is 35.4. The van der Waals surface area contributed by atoms with E-state index in [2.05, 4.69) is 69.5 Å². The highest BCUT2D eigenvalue weighted by atomic mass is 32.2. The maximum atomic E-state index is 11.9. The quantitative estimate of drug-likeness (QED) is 0.229. The Morgan fingerprint density at radius 1 is 0.714 bits per heavy atom. The fraction of sp³-hybridized carbons (Fsp3) is 0.737. The molecule has 0 saturated carbocycles. The molecule has 4 aliphatic rings. The number of nitrogens with zero attached hydrogens (tertiary/aromatic N) is 7. The molecule has 4 atom stereocenters. The molecule has 56 heavy (non-hydrogen) atoms. The van der Waals surface area contributed by atoms with Gasteiger partial charge in [0.2, 0.25) is 26.0 Å². The molecular formula is C38H62N10O6S2. The molecule has 2 saturated heterocycles. The van der Waals surface area contributed by atoms with Crippen molar-refractivity contribution in [3.05, 3.63) is 53.4 Å². The number of hydrogen-bond acceptors (Lipinski definition) is 12. The third-order valence-electron chi connectivity index (χ3n) is 11.1. The highest BCUT2D eigenvalue weighted by Crippen LogP contribution is 2.31. The Morgan fingerprint density at radius 3 is 1.59 bits per heavy atom. The summed E-state index contributed by atoms with van der Waals surface area (Å²) >= 11 is 0. The highest BCUT2D eigenvalue weighted by Gasteiger charge is 2.36. The number of nitrogens with one attached hydrogen (secondary N) is 3. The van der Waals surface area contributed by atoms with Gasteiger partial charge in [0, 0.05) is 49.0 Å². The fourth-order valence-corrected chi connectivity index (χ4v) is 9.71. The van der Waals surface area contributed by atoms with Gasteiger partial charge in [-0.3, -0.25) is 9.36 Å². The third kappa shape index (κ3) is 11.6. The molecule has 2 fully saturated rings. The molecule has 18 heteroatoms. The van der Waals surface area contributed by atoms with E-state index in [-0.39, 0.29) is 36.4 Å². The maximum Gasteiger partial charge on any atom is 0.225 e. The maximum absolute atomic E-state index is 11.9. The largest absolute Gasteiger partial charge is 0.376 e. The topological polar surface area (TPSA) is 187 Å². The van der Waals surface area contributed by atoms with E-state index in [0.29, 0.717) is 25.0 Å². The van der Waals surface area contributed by atoms with Gasteiger partial charge in [0.1, 0.15) is 0 Å². The summed E-state index contributed by atoms with van der Waals surface area (Å²) in [5.41, 5.74) is 4.42. The second-order valence-corrected chi connectivity index (χ2v) is 19.9. The lowest BCUT2D eigenvalue weighted by Crippen LogP contribution is -2.47.